The molecule has 0 radical (unpaired) electrons. The summed E-state index contributed by atoms with van der Waals surface area (Å²) in [6.07, 6.45) is -0.988. The van der Waals surface area contributed by atoms with Crippen molar-refractivity contribution in [2.45, 2.75) is 6.10 Å². The summed E-state index contributed by atoms with van der Waals surface area (Å²) in [5, 5.41) is 4.92. The Balaban J connectivity index is 2.28. The van der Waals surface area contributed by atoms with Crippen molar-refractivity contribution in [3.63, 3.8) is 0 Å². The van der Waals surface area contributed by atoms with E-state index >= 15 is 0 Å². The first kappa shape index (κ1) is 15.9. The van der Waals surface area contributed by atoms with Gasteiger partial charge < -0.3 is 10.1 Å². The Morgan fingerprint density at radius 1 is 1.05 bits per heavy atom. The molecule has 0 saturated carbocycles. The summed E-state index contributed by atoms with van der Waals surface area (Å²) >= 11 is 6.06. The zero-order valence-electron chi connectivity index (χ0n) is 11.9. The number of hydrogen-bond acceptors (Lipinski definition) is 3. The van der Waals surface area contributed by atoms with Crippen molar-refractivity contribution >= 4 is 23.5 Å². The van der Waals surface area contributed by atoms with E-state index < -0.39 is 18.0 Å². The topological polar surface area (TPSA) is 67.4 Å². The third-order valence-electron chi connectivity index (χ3n) is 2.89. The summed E-state index contributed by atoms with van der Waals surface area (Å²) in [6, 6.07) is 15.1. The van der Waals surface area contributed by atoms with E-state index in [0.717, 1.165) is 0 Å². The Labute approximate surface area is 133 Å². The van der Waals surface area contributed by atoms with Crippen LogP contribution in [0.4, 0.5) is 4.79 Å². The fraction of sp³-hybridized carbons (Fsp3) is 0.125. The molecule has 0 spiro atoms. The molecule has 1 atom stereocenters. The highest BCUT2D eigenvalue weighted by Gasteiger charge is 2.24. The van der Waals surface area contributed by atoms with Crippen molar-refractivity contribution in [2.75, 3.05) is 7.05 Å². The largest absolute Gasteiger partial charge is 0.474 e. The molecule has 3 amide bonds. The fourth-order valence-corrected chi connectivity index (χ4v) is 1.99. The van der Waals surface area contributed by atoms with Gasteiger partial charge in [-0.2, -0.15) is 0 Å². The predicted octanol–water partition coefficient (Wildman–Crippen LogP) is 2.92. The molecular formula is C16H15ClN2O3. The first-order valence-electron chi connectivity index (χ1n) is 6.60. The summed E-state index contributed by atoms with van der Waals surface area (Å²) in [5.74, 6) is -0.212. The molecule has 0 bridgehead atoms. The monoisotopic (exact) mass is 318 g/mol. The Bertz CT molecular complexity index is 661. The molecule has 114 valence electrons. The standard InChI is InChI=1S/C16H15ClN2O3/c1-18-16(21)19-15(20)14(11-7-3-2-4-8-11)22-13-10-6-5-9-12(13)17/h2-10,14H,1H3,(H2,18,19,20,21)/t14-/m1/s1. The number of para-hydroxylation sites is 1. The van der Waals surface area contributed by atoms with E-state index in [9.17, 15) is 9.59 Å². The van der Waals surface area contributed by atoms with Gasteiger partial charge in [-0.1, -0.05) is 54.1 Å². The summed E-state index contributed by atoms with van der Waals surface area (Å²) in [7, 11) is 1.43. The summed E-state index contributed by atoms with van der Waals surface area (Å²) < 4.78 is 5.71. The van der Waals surface area contributed by atoms with Gasteiger partial charge in [0.2, 0.25) is 6.10 Å². The van der Waals surface area contributed by atoms with Crippen LogP contribution in [0.2, 0.25) is 5.02 Å². The molecule has 0 unspecified atom stereocenters. The van der Waals surface area contributed by atoms with Crippen molar-refractivity contribution < 1.29 is 14.3 Å². The second-order valence-corrected chi connectivity index (χ2v) is 4.81. The third-order valence-corrected chi connectivity index (χ3v) is 3.20. The number of halogens is 1. The Morgan fingerprint density at radius 3 is 2.32 bits per heavy atom. The number of ether oxygens (including phenoxy) is 1. The van der Waals surface area contributed by atoms with Gasteiger partial charge in [-0.05, 0) is 12.1 Å². The van der Waals surface area contributed by atoms with Crippen LogP contribution < -0.4 is 15.4 Å². The van der Waals surface area contributed by atoms with Gasteiger partial charge in [-0.3, -0.25) is 10.1 Å². The third kappa shape index (κ3) is 3.99. The van der Waals surface area contributed by atoms with Crippen molar-refractivity contribution in [3.8, 4) is 5.75 Å². The predicted molar refractivity (Wildman–Crippen MR) is 83.9 cm³/mol. The van der Waals surface area contributed by atoms with Crippen LogP contribution in [0, 0.1) is 0 Å². The average molecular weight is 319 g/mol. The molecule has 0 fully saturated rings. The number of amides is 3. The van der Waals surface area contributed by atoms with Crippen LogP contribution in [0.15, 0.2) is 54.6 Å². The maximum atomic E-state index is 12.3. The van der Waals surface area contributed by atoms with Crippen LogP contribution in [0.5, 0.6) is 5.75 Å². The number of imide groups is 1. The van der Waals surface area contributed by atoms with Crippen LogP contribution in [0.3, 0.4) is 0 Å². The first-order chi connectivity index (χ1) is 10.6. The van der Waals surface area contributed by atoms with E-state index in [1.165, 1.54) is 7.05 Å². The molecule has 0 heterocycles. The summed E-state index contributed by atoms with van der Waals surface area (Å²) in [4.78, 5) is 23.6. The lowest BCUT2D eigenvalue weighted by atomic mass is 10.1. The van der Waals surface area contributed by atoms with Gasteiger partial charge in [0.25, 0.3) is 5.91 Å². The Morgan fingerprint density at radius 2 is 1.68 bits per heavy atom. The van der Waals surface area contributed by atoms with Gasteiger partial charge in [0.1, 0.15) is 5.75 Å². The highest BCUT2D eigenvalue weighted by atomic mass is 35.5. The minimum absolute atomic E-state index is 0.366. The second-order valence-electron chi connectivity index (χ2n) is 4.41. The van der Waals surface area contributed by atoms with Gasteiger partial charge >= 0.3 is 6.03 Å². The van der Waals surface area contributed by atoms with Crippen molar-refractivity contribution in [1.29, 1.82) is 0 Å². The van der Waals surface area contributed by atoms with E-state index in [4.69, 9.17) is 16.3 Å². The van der Waals surface area contributed by atoms with Crippen LogP contribution in [0.1, 0.15) is 11.7 Å². The van der Waals surface area contributed by atoms with E-state index in [2.05, 4.69) is 10.6 Å². The molecule has 0 saturated heterocycles. The minimum Gasteiger partial charge on any atom is -0.474 e. The maximum absolute atomic E-state index is 12.3. The normalized spacial score (nSPS) is 11.4. The zero-order valence-corrected chi connectivity index (χ0v) is 12.6. The number of nitrogens with one attached hydrogen (secondary N) is 2. The molecular weight excluding hydrogens is 304 g/mol. The van der Waals surface area contributed by atoms with E-state index in [1.807, 2.05) is 6.07 Å². The van der Waals surface area contributed by atoms with Crippen molar-refractivity contribution in [2.24, 2.45) is 0 Å². The number of carbonyl (C=O) groups is 2. The van der Waals surface area contributed by atoms with Crippen molar-refractivity contribution in [1.82, 2.24) is 10.6 Å². The molecule has 2 rings (SSSR count). The lowest BCUT2D eigenvalue weighted by Gasteiger charge is -2.19. The highest BCUT2D eigenvalue weighted by Crippen LogP contribution is 2.28. The van der Waals surface area contributed by atoms with Gasteiger partial charge in [0.05, 0.1) is 5.02 Å². The van der Waals surface area contributed by atoms with Gasteiger partial charge in [0, 0.05) is 12.6 Å². The van der Waals surface area contributed by atoms with E-state index in [0.29, 0.717) is 16.3 Å². The fourth-order valence-electron chi connectivity index (χ4n) is 1.81. The van der Waals surface area contributed by atoms with Gasteiger partial charge in [-0.15, -0.1) is 0 Å². The molecule has 5 nitrogen and oxygen atoms in total. The second kappa shape index (κ2) is 7.47. The zero-order chi connectivity index (χ0) is 15.9. The number of urea groups is 1. The molecule has 22 heavy (non-hydrogen) atoms. The first-order valence-corrected chi connectivity index (χ1v) is 6.98. The molecule has 0 aliphatic carbocycles. The van der Waals surface area contributed by atoms with Crippen LogP contribution in [0.25, 0.3) is 0 Å². The maximum Gasteiger partial charge on any atom is 0.321 e. The van der Waals surface area contributed by atoms with Crippen molar-refractivity contribution in [3.05, 3.63) is 65.2 Å². The molecule has 0 aromatic heterocycles. The lowest BCUT2D eigenvalue weighted by molar-refractivity contribution is -0.127. The highest BCUT2D eigenvalue weighted by molar-refractivity contribution is 6.32. The average Bonchev–Trinajstić information content (AvgIpc) is 2.54. The van der Waals surface area contributed by atoms with Gasteiger partial charge in [-0.25, -0.2) is 4.79 Å². The Kier molecular flexibility index (Phi) is 5.38. The quantitative estimate of drug-likeness (QED) is 0.910. The lowest BCUT2D eigenvalue weighted by Crippen LogP contribution is -2.41. The molecule has 6 heteroatoms. The van der Waals surface area contributed by atoms with E-state index in [1.54, 1.807) is 48.5 Å². The summed E-state index contributed by atoms with van der Waals surface area (Å²) in [6.45, 7) is 0. The number of carbonyl (C=O) groups excluding carboxylic acids is 2. The van der Waals surface area contributed by atoms with Crippen LogP contribution in [-0.2, 0) is 4.79 Å². The molecule has 0 aliphatic heterocycles. The number of hydrogen-bond donors (Lipinski definition) is 2. The smallest absolute Gasteiger partial charge is 0.321 e. The molecule has 0 aliphatic rings. The molecule has 2 aromatic carbocycles. The minimum atomic E-state index is -0.988. The van der Waals surface area contributed by atoms with Crippen LogP contribution in [-0.4, -0.2) is 19.0 Å². The molecule has 2 N–H and O–H groups in total. The SMILES string of the molecule is CNC(=O)NC(=O)[C@H](Oc1ccccc1Cl)c1ccccc1. The van der Waals surface area contributed by atoms with Gasteiger partial charge in [0.15, 0.2) is 0 Å². The van der Waals surface area contributed by atoms with E-state index in [-0.39, 0.29) is 0 Å². The molecule has 2 aromatic rings. The summed E-state index contributed by atoms with van der Waals surface area (Å²) in [5.41, 5.74) is 0.615. The number of rotatable bonds is 4. The number of benzene rings is 2. The van der Waals surface area contributed by atoms with Crippen LogP contribution >= 0.6 is 11.6 Å². The Hall–Kier alpha value is -2.53.